The number of esters is 1. The lowest BCUT2D eigenvalue weighted by molar-refractivity contribution is -0.148. The number of pyridine rings is 1. The number of benzene rings is 2. The van der Waals surface area contributed by atoms with E-state index in [1.54, 1.807) is 42.6 Å². The zero-order chi connectivity index (χ0) is 19.4. The zero-order valence-corrected chi connectivity index (χ0v) is 17.2. The maximum atomic E-state index is 12.3. The number of rotatable bonds is 6. The monoisotopic (exact) mass is 495 g/mol. The molecular formula is C20H15ClINO4. The minimum atomic E-state index is -0.900. The van der Waals surface area contributed by atoms with Gasteiger partial charge in [0.05, 0.1) is 8.59 Å². The largest absolute Gasteiger partial charge is 0.478 e. The van der Waals surface area contributed by atoms with Crippen molar-refractivity contribution >= 4 is 56.8 Å². The van der Waals surface area contributed by atoms with Gasteiger partial charge in [-0.25, -0.2) is 4.79 Å². The number of hydrogen-bond acceptors (Lipinski definition) is 5. The number of Topliss-reactive ketones (excluding diaryl/α,β-unsaturated/α-hetero) is 1. The van der Waals surface area contributed by atoms with Gasteiger partial charge in [-0.2, -0.15) is 0 Å². The maximum absolute atomic E-state index is 12.3. The molecule has 0 aliphatic carbocycles. The predicted molar refractivity (Wildman–Crippen MR) is 111 cm³/mol. The summed E-state index contributed by atoms with van der Waals surface area (Å²) < 4.78 is 11.6. The van der Waals surface area contributed by atoms with Gasteiger partial charge in [0.25, 0.3) is 0 Å². The molecule has 1 heterocycles. The van der Waals surface area contributed by atoms with E-state index in [1.165, 1.54) is 6.92 Å². The molecule has 0 aliphatic heterocycles. The van der Waals surface area contributed by atoms with Gasteiger partial charge in [0.15, 0.2) is 18.5 Å². The summed E-state index contributed by atoms with van der Waals surface area (Å²) in [5, 5.41) is 1.29. The Morgan fingerprint density at radius 1 is 1.19 bits per heavy atom. The van der Waals surface area contributed by atoms with Crippen molar-refractivity contribution in [1.82, 2.24) is 4.98 Å². The topological polar surface area (TPSA) is 65.5 Å². The lowest BCUT2D eigenvalue weighted by Gasteiger charge is -2.14. The van der Waals surface area contributed by atoms with Crippen molar-refractivity contribution < 1.29 is 19.1 Å². The Labute approximate surface area is 174 Å². The Bertz CT molecular complexity index is 994. The van der Waals surface area contributed by atoms with E-state index in [-0.39, 0.29) is 12.4 Å². The van der Waals surface area contributed by atoms with Crippen LogP contribution in [0.4, 0.5) is 0 Å². The van der Waals surface area contributed by atoms with Gasteiger partial charge < -0.3 is 9.47 Å². The number of ether oxygens (including phenoxy) is 2. The number of nitrogens with zero attached hydrogens (tertiary/aromatic N) is 1. The van der Waals surface area contributed by atoms with E-state index in [1.807, 2.05) is 12.1 Å². The molecule has 0 aliphatic rings. The van der Waals surface area contributed by atoms with E-state index >= 15 is 0 Å². The lowest BCUT2D eigenvalue weighted by atomic mass is 10.1. The number of aromatic nitrogens is 1. The molecule has 1 atom stereocenters. The van der Waals surface area contributed by atoms with Crippen molar-refractivity contribution in [2.45, 2.75) is 13.0 Å². The normalized spacial score (nSPS) is 11.8. The molecule has 5 nitrogen and oxygen atoms in total. The van der Waals surface area contributed by atoms with E-state index in [0.29, 0.717) is 21.9 Å². The summed E-state index contributed by atoms with van der Waals surface area (Å²) in [6, 6.07) is 14.0. The quantitative estimate of drug-likeness (QED) is 0.282. The summed E-state index contributed by atoms with van der Waals surface area (Å²) in [5.41, 5.74) is 1.05. The first-order valence-electron chi connectivity index (χ1n) is 8.11. The molecule has 0 radical (unpaired) electrons. The Morgan fingerprint density at radius 2 is 1.93 bits per heavy atom. The predicted octanol–water partition coefficient (Wildman–Crippen LogP) is 4.69. The molecule has 2 aromatic carbocycles. The van der Waals surface area contributed by atoms with E-state index in [0.717, 1.165) is 8.96 Å². The van der Waals surface area contributed by atoms with E-state index < -0.39 is 12.1 Å². The van der Waals surface area contributed by atoms with Crippen LogP contribution in [0.2, 0.25) is 5.02 Å². The van der Waals surface area contributed by atoms with Gasteiger partial charge >= 0.3 is 5.97 Å². The molecule has 1 unspecified atom stereocenters. The molecule has 0 fully saturated rings. The first kappa shape index (κ1) is 19.6. The molecule has 0 saturated carbocycles. The fraction of sp³-hybridized carbons (Fsp3) is 0.150. The fourth-order valence-corrected chi connectivity index (χ4v) is 3.71. The summed E-state index contributed by atoms with van der Waals surface area (Å²) >= 11 is 8.30. The van der Waals surface area contributed by atoms with Crippen LogP contribution in [0.25, 0.3) is 10.9 Å². The molecule has 7 heteroatoms. The molecule has 1 aromatic heterocycles. The lowest BCUT2D eigenvalue weighted by Crippen LogP contribution is -2.27. The highest BCUT2D eigenvalue weighted by Gasteiger charge is 2.20. The first-order valence-corrected chi connectivity index (χ1v) is 9.57. The summed E-state index contributed by atoms with van der Waals surface area (Å²) in [4.78, 5) is 28.7. The number of carbonyl (C=O) groups excluding carboxylic acids is 2. The van der Waals surface area contributed by atoms with Gasteiger partial charge in [0.1, 0.15) is 5.52 Å². The average molecular weight is 496 g/mol. The van der Waals surface area contributed by atoms with Crippen LogP contribution in [-0.2, 0) is 9.53 Å². The minimum absolute atomic E-state index is 0.267. The van der Waals surface area contributed by atoms with E-state index in [2.05, 4.69) is 27.6 Å². The van der Waals surface area contributed by atoms with Gasteiger partial charge in [-0.05, 0) is 47.7 Å². The average Bonchev–Trinajstić information content (AvgIpc) is 2.68. The highest BCUT2D eigenvalue weighted by atomic mass is 127. The van der Waals surface area contributed by atoms with E-state index in [9.17, 15) is 9.59 Å². The highest BCUT2D eigenvalue weighted by molar-refractivity contribution is 14.1. The molecule has 138 valence electrons. The Balaban J connectivity index is 1.68. The number of halogens is 2. The van der Waals surface area contributed by atoms with Crippen molar-refractivity contribution in [3.8, 4) is 5.75 Å². The first-order chi connectivity index (χ1) is 13.0. The number of hydrogen-bond donors (Lipinski definition) is 0. The van der Waals surface area contributed by atoms with Crippen LogP contribution in [-0.4, -0.2) is 29.4 Å². The minimum Gasteiger partial charge on any atom is -0.478 e. The maximum Gasteiger partial charge on any atom is 0.344 e. The molecule has 27 heavy (non-hydrogen) atoms. The van der Waals surface area contributed by atoms with Gasteiger partial charge in [-0.1, -0.05) is 41.9 Å². The third-order valence-electron chi connectivity index (χ3n) is 3.82. The molecule has 0 spiro atoms. The van der Waals surface area contributed by atoms with Crippen molar-refractivity contribution in [2.75, 3.05) is 6.61 Å². The van der Waals surface area contributed by atoms with Crippen molar-refractivity contribution in [2.24, 2.45) is 0 Å². The zero-order valence-electron chi connectivity index (χ0n) is 14.3. The van der Waals surface area contributed by atoms with E-state index in [4.69, 9.17) is 21.1 Å². The van der Waals surface area contributed by atoms with Crippen LogP contribution in [0.15, 0.2) is 54.7 Å². The smallest absolute Gasteiger partial charge is 0.344 e. The van der Waals surface area contributed by atoms with Crippen molar-refractivity contribution in [3.05, 3.63) is 68.9 Å². The summed E-state index contributed by atoms with van der Waals surface area (Å²) in [6.07, 6.45) is 0.725. The molecule has 0 amide bonds. The van der Waals surface area contributed by atoms with Gasteiger partial charge in [0.2, 0.25) is 5.78 Å². The number of ketones is 1. The highest BCUT2D eigenvalue weighted by Crippen LogP contribution is 2.34. The second kappa shape index (κ2) is 8.67. The van der Waals surface area contributed by atoms with Crippen molar-refractivity contribution in [1.29, 1.82) is 0 Å². The second-order valence-electron chi connectivity index (χ2n) is 5.72. The van der Waals surface area contributed by atoms with Crippen molar-refractivity contribution in [3.63, 3.8) is 0 Å². The Hall–Kier alpha value is -2.19. The third-order valence-corrected chi connectivity index (χ3v) is 4.93. The fourth-order valence-electron chi connectivity index (χ4n) is 2.54. The summed E-state index contributed by atoms with van der Waals surface area (Å²) in [7, 11) is 0. The number of fused-ring (bicyclic) bond motifs is 1. The number of carbonyl (C=O) groups is 2. The van der Waals surface area contributed by atoms with Crippen LogP contribution in [0, 0.1) is 3.57 Å². The van der Waals surface area contributed by atoms with Crippen LogP contribution >= 0.6 is 34.2 Å². The third kappa shape index (κ3) is 4.56. The molecule has 0 bridgehead atoms. The second-order valence-corrected chi connectivity index (χ2v) is 7.29. The Kier molecular flexibility index (Phi) is 6.28. The van der Waals surface area contributed by atoms with Gasteiger partial charge in [-0.3, -0.25) is 9.78 Å². The SMILES string of the molecule is CC(OC(=O)COc1c(I)cc(Cl)c2cccnc12)C(=O)c1ccccc1. The van der Waals surface area contributed by atoms with Crippen LogP contribution in [0.3, 0.4) is 0 Å². The van der Waals surface area contributed by atoms with Crippen LogP contribution in [0.1, 0.15) is 17.3 Å². The Morgan fingerprint density at radius 3 is 2.67 bits per heavy atom. The molecule has 0 saturated heterocycles. The summed E-state index contributed by atoms with van der Waals surface area (Å²) in [5.74, 6) is -0.451. The molecular weight excluding hydrogens is 481 g/mol. The molecule has 3 rings (SSSR count). The van der Waals surface area contributed by atoms with Gasteiger partial charge in [-0.15, -0.1) is 0 Å². The van der Waals surface area contributed by atoms with Crippen LogP contribution < -0.4 is 4.74 Å². The molecule has 0 N–H and O–H groups in total. The van der Waals surface area contributed by atoms with Crippen LogP contribution in [0.5, 0.6) is 5.75 Å². The standard InChI is InChI=1S/C20H15ClINO4/c1-12(19(25)13-6-3-2-4-7-13)27-17(24)11-26-20-16(22)10-15(21)14-8-5-9-23-18(14)20/h2-10,12H,11H2,1H3. The molecule has 3 aromatic rings. The summed E-state index contributed by atoms with van der Waals surface area (Å²) in [6.45, 7) is 1.20. The van der Waals surface area contributed by atoms with Gasteiger partial charge in [0, 0.05) is 17.1 Å².